The fourth-order valence-corrected chi connectivity index (χ4v) is 1.10. The zero-order chi connectivity index (χ0) is 8.10. The summed E-state index contributed by atoms with van der Waals surface area (Å²) in [5.74, 6) is -0.204. The third kappa shape index (κ3) is 2.48. The highest BCUT2D eigenvalue weighted by Crippen LogP contribution is 2.05. The predicted octanol–water partition coefficient (Wildman–Crippen LogP) is -0.114. The van der Waals surface area contributed by atoms with Gasteiger partial charge in [-0.25, -0.2) is 0 Å². The van der Waals surface area contributed by atoms with Gasteiger partial charge in [-0.1, -0.05) is 0 Å². The molecule has 1 rings (SSSR count). The summed E-state index contributed by atoms with van der Waals surface area (Å²) >= 11 is 0. The van der Waals surface area contributed by atoms with Gasteiger partial charge in [-0.15, -0.1) is 0 Å². The van der Waals surface area contributed by atoms with Crippen LogP contribution in [0.25, 0.3) is 0 Å². The minimum Gasteiger partial charge on any atom is -0.437 e. The molecule has 0 aromatic carbocycles. The normalized spacial score (nSPS) is 23.5. The van der Waals surface area contributed by atoms with E-state index in [-0.39, 0.29) is 18.8 Å². The minimum absolute atomic E-state index is 0.0526. The molecular weight excluding hydrogens is 146 g/mol. The molecule has 0 unspecified atom stereocenters. The van der Waals surface area contributed by atoms with E-state index in [9.17, 15) is 4.79 Å². The molecule has 1 saturated heterocycles. The Hall–Kier alpha value is -0.610. The summed E-state index contributed by atoms with van der Waals surface area (Å²) in [6.45, 7) is 0.962. The van der Waals surface area contributed by atoms with E-state index in [0.717, 1.165) is 19.4 Å². The van der Waals surface area contributed by atoms with Crippen molar-refractivity contribution in [1.29, 1.82) is 0 Å². The van der Waals surface area contributed by atoms with Crippen molar-refractivity contribution < 1.29 is 14.3 Å². The Morgan fingerprint density at radius 2 is 2.55 bits per heavy atom. The Morgan fingerprint density at radius 3 is 3.09 bits per heavy atom. The molecule has 4 nitrogen and oxygen atoms in total. The Kier molecular flexibility index (Phi) is 3.32. The van der Waals surface area contributed by atoms with E-state index in [1.54, 1.807) is 0 Å². The number of carbonyl (C=O) groups is 1. The smallest absolute Gasteiger partial charge is 0.325 e. The summed E-state index contributed by atoms with van der Waals surface area (Å²) in [7, 11) is 1.50. The highest BCUT2D eigenvalue weighted by atomic mass is 16.7. The summed E-state index contributed by atoms with van der Waals surface area (Å²) in [5, 5.41) is 3.04. The van der Waals surface area contributed by atoms with Crippen LogP contribution in [0.2, 0.25) is 0 Å². The van der Waals surface area contributed by atoms with Crippen molar-refractivity contribution in [2.45, 2.75) is 18.9 Å². The van der Waals surface area contributed by atoms with Gasteiger partial charge in [-0.2, -0.15) is 0 Å². The van der Waals surface area contributed by atoms with Gasteiger partial charge in [0, 0.05) is 7.11 Å². The lowest BCUT2D eigenvalue weighted by Crippen LogP contribution is -2.32. The first-order valence-corrected chi connectivity index (χ1v) is 3.73. The van der Waals surface area contributed by atoms with Gasteiger partial charge in [-0.3, -0.25) is 4.79 Å². The molecule has 0 amide bonds. The monoisotopic (exact) mass is 159 g/mol. The Labute approximate surface area is 65.9 Å². The molecule has 4 heteroatoms. The van der Waals surface area contributed by atoms with Gasteiger partial charge in [0.1, 0.15) is 6.04 Å². The van der Waals surface area contributed by atoms with Crippen molar-refractivity contribution in [3.8, 4) is 0 Å². The van der Waals surface area contributed by atoms with Crippen molar-refractivity contribution in [1.82, 2.24) is 5.32 Å². The second-order valence-electron chi connectivity index (χ2n) is 2.52. The maximum atomic E-state index is 11.0. The molecule has 0 radical (unpaired) electrons. The lowest BCUT2D eigenvalue weighted by Gasteiger charge is -2.08. The molecule has 64 valence electrons. The first-order chi connectivity index (χ1) is 5.34. The Balaban J connectivity index is 2.17. The first kappa shape index (κ1) is 8.49. The topological polar surface area (TPSA) is 47.6 Å². The van der Waals surface area contributed by atoms with E-state index < -0.39 is 0 Å². The maximum Gasteiger partial charge on any atom is 0.325 e. The lowest BCUT2D eigenvalue weighted by molar-refractivity contribution is -0.156. The molecule has 1 heterocycles. The van der Waals surface area contributed by atoms with E-state index in [0.29, 0.717) is 0 Å². The largest absolute Gasteiger partial charge is 0.437 e. The van der Waals surface area contributed by atoms with Crippen molar-refractivity contribution in [2.75, 3.05) is 20.4 Å². The van der Waals surface area contributed by atoms with Gasteiger partial charge in [0.05, 0.1) is 0 Å². The van der Waals surface area contributed by atoms with Gasteiger partial charge in [0.25, 0.3) is 0 Å². The fourth-order valence-electron chi connectivity index (χ4n) is 1.10. The van der Waals surface area contributed by atoms with Crippen LogP contribution in [-0.4, -0.2) is 32.5 Å². The van der Waals surface area contributed by atoms with Crippen LogP contribution in [0.4, 0.5) is 0 Å². The molecule has 1 fully saturated rings. The molecule has 1 atom stereocenters. The maximum absolute atomic E-state index is 11.0. The molecule has 1 aliphatic rings. The van der Waals surface area contributed by atoms with Crippen molar-refractivity contribution in [3.63, 3.8) is 0 Å². The van der Waals surface area contributed by atoms with E-state index in [2.05, 4.69) is 10.1 Å². The van der Waals surface area contributed by atoms with E-state index in [1.165, 1.54) is 7.11 Å². The van der Waals surface area contributed by atoms with Crippen LogP contribution < -0.4 is 5.32 Å². The van der Waals surface area contributed by atoms with Crippen LogP contribution in [0, 0.1) is 0 Å². The van der Waals surface area contributed by atoms with Crippen LogP contribution >= 0.6 is 0 Å². The minimum atomic E-state index is -0.204. The molecule has 0 aliphatic carbocycles. The third-order valence-corrected chi connectivity index (χ3v) is 1.66. The van der Waals surface area contributed by atoms with Gasteiger partial charge >= 0.3 is 5.97 Å². The predicted molar refractivity (Wildman–Crippen MR) is 39.0 cm³/mol. The number of rotatable bonds is 3. The van der Waals surface area contributed by atoms with Crippen molar-refractivity contribution in [3.05, 3.63) is 0 Å². The summed E-state index contributed by atoms with van der Waals surface area (Å²) in [6, 6.07) is -0.106. The highest BCUT2D eigenvalue weighted by molar-refractivity contribution is 5.75. The fraction of sp³-hybridized carbons (Fsp3) is 0.857. The molecule has 0 bridgehead atoms. The summed E-state index contributed by atoms with van der Waals surface area (Å²) in [6.07, 6.45) is 1.93. The third-order valence-electron chi connectivity index (χ3n) is 1.66. The van der Waals surface area contributed by atoms with Gasteiger partial charge < -0.3 is 14.8 Å². The molecule has 1 aliphatic heterocycles. The quantitative estimate of drug-likeness (QED) is 0.461. The number of methoxy groups -OCH3 is 1. The average Bonchev–Trinajstić information content (AvgIpc) is 2.52. The second kappa shape index (κ2) is 4.31. The standard InChI is InChI=1S/C7H13NO3/c1-10-5-11-7(9)6-3-2-4-8-6/h6,8H,2-5H2,1H3/t6-/m0/s1. The number of esters is 1. The van der Waals surface area contributed by atoms with E-state index >= 15 is 0 Å². The first-order valence-electron chi connectivity index (χ1n) is 3.73. The molecule has 0 aromatic heterocycles. The molecule has 0 aromatic rings. The van der Waals surface area contributed by atoms with Crippen LogP contribution in [0.15, 0.2) is 0 Å². The zero-order valence-electron chi connectivity index (χ0n) is 6.63. The van der Waals surface area contributed by atoms with Crippen LogP contribution in [0.3, 0.4) is 0 Å². The number of ether oxygens (including phenoxy) is 2. The molecule has 11 heavy (non-hydrogen) atoms. The van der Waals surface area contributed by atoms with Gasteiger partial charge in [-0.05, 0) is 19.4 Å². The second-order valence-corrected chi connectivity index (χ2v) is 2.52. The average molecular weight is 159 g/mol. The van der Waals surface area contributed by atoms with Gasteiger partial charge in [0.15, 0.2) is 6.79 Å². The highest BCUT2D eigenvalue weighted by Gasteiger charge is 2.22. The number of carbonyl (C=O) groups excluding carboxylic acids is 1. The number of hydrogen-bond acceptors (Lipinski definition) is 4. The molecular formula is C7H13NO3. The molecule has 1 N–H and O–H groups in total. The summed E-state index contributed by atoms with van der Waals surface area (Å²) in [4.78, 5) is 11.0. The molecule has 0 saturated carbocycles. The van der Waals surface area contributed by atoms with Crippen LogP contribution in [0.1, 0.15) is 12.8 Å². The number of nitrogens with one attached hydrogen (secondary N) is 1. The SMILES string of the molecule is COCOC(=O)[C@@H]1CCCN1. The van der Waals surface area contributed by atoms with Crippen LogP contribution in [-0.2, 0) is 14.3 Å². The molecule has 0 spiro atoms. The van der Waals surface area contributed by atoms with E-state index in [1.807, 2.05) is 0 Å². The number of hydrogen-bond donors (Lipinski definition) is 1. The van der Waals surface area contributed by atoms with E-state index in [4.69, 9.17) is 4.74 Å². The summed E-state index contributed by atoms with van der Waals surface area (Å²) in [5.41, 5.74) is 0. The Bertz CT molecular complexity index is 132. The summed E-state index contributed by atoms with van der Waals surface area (Å²) < 4.78 is 9.35. The van der Waals surface area contributed by atoms with Gasteiger partial charge in [0.2, 0.25) is 0 Å². The zero-order valence-corrected chi connectivity index (χ0v) is 6.63. The van der Waals surface area contributed by atoms with Crippen molar-refractivity contribution >= 4 is 5.97 Å². The van der Waals surface area contributed by atoms with Crippen LogP contribution in [0.5, 0.6) is 0 Å². The Morgan fingerprint density at radius 1 is 1.73 bits per heavy atom. The lowest BCUT2D eigenvalue weighted by atomic mass is 10.2. The van der Waals surface area contributed by atoms with Crippen molar-refractivity contribution in [2.24, 2.45) is 0 Å².